The molecular formula is C8H6I2O2. The number of alkyl halides is 2. The van der Waals surface area contributed by atoms with Crippen LogP contribution in [0.25, 0.3) is 0 Å². The Morgan fingerprint density at radius 2 is 1.83 bits per heavy atom. The van der Waals surface area contributed by atoms with E-state index >= 15 is 0 Å². The highest BCUT2D eigenvalue weighted by Gasteiger charge is 2.11. The van der Waals surface area contributed by atoms with Crippen LogP contribution < -0.4 is 4.74 Å². The second kappa shape index (κ2) is 5.00. The van der Waals surface area contributed by atoms with Gasteiger partial charge >= 0.3 is 5.97 Å². The zero-order valence-corrected chi connectivity index (χ0v) is 10.4. The number of esters is 1. The zero-order chi connectivity index (χ0) is 8.97. The van der Waals surface area contributed by atoms with E-state index in [4.69, 9.17) is 4.74 Å². The molecule has 0 unspecified atom stereocenters. The minimum atomic E-state index is -0.220. The number of rotatable bonds is 2. The van der Waals surface area contributed by atoms with Crippen LogP contribution in [0.1, 0.15) is 0 Å². The number of carbonyl (C=O) groups is 1. The maximum Gasteiger partial charge on any atom is 0.334 e. The van der Waals surface area contributed by atoms with Gasteiger partial charge in [0.25, 0.3) is 0 Å². The number of hydrogen-bond donors (Lipinski definition) is 0. The standard InChI is InChI=1S/C8H6I2O2/c9-7(10)8(11)12-6-4-2-1-3-5-6/h1-5,7H. The van der Waals surface area contributed by atoms with E-state index in [1.165, 1.54) is 0 Å². The number of carbonyl (C=O) groups excluding carboxylic acids is 1. The van der Waals surface area contributed by atoms with Crippen molar-refractivity contribution in [3.8, 4) is 5.75 Å². The summed E-state index contributed by atoms with van der Waals surface area (Å²) in [5.41, 5.74) is 0. The topological polar surface area (TPSA) is 26.3 Å². The van der Waals surface area contributed by atoms with Crippen LogP contribution in [0.2, 0.25) is 0 Å². The SMILES string of the molecule is O=C(Oc1ccccc1)C(I)I. The molecule has 0 fully saturated rings. The van der Waals surface area contributed by atoms with Crippen LogP contribution >= 0.6 is 45.2 Å². The second-order valence-corrected chi connectivity index (χ2v) is 6.91. The van der Waals surface area contributed by atoms with Gasteiger partial charge in [0.2, 0.25) is 0 Å². The van der Waals surface area contributed by atoms with Gasteiger partial charge in [-0.05, 0) is 12.1 Å². The van der Waals surface area contributed by atoms with Gasteiger partial charge in [0.1, 0.15) is 5.75 Å². The number of hydrogen-bond acceptors (Lipinski definition) is 2. The predicted octanol–water partition coefficient (Wildman–Crippen LogP) is 2.79. The molecule has 0 atom stereocenters. The van der Waals surface area contributed by atoms with Gasteiger partial charge in [-0.2, -0.15) is 0 Å². The summed E-state index contributed by atoms with van der Waals surface area (Å²) in [5, 5.41) is 0. The smallest absolute Gasteiger partial charge is 0.334 e. The van der Waals surface area contributed by atoms with E-state index in [0.717, 1.165) is 0 Å². The third kappa shape index (κ3) is 3.26. The van der Waals surface area contributed by atoms with Crippen LogP contribution in [0.5, 0.6) is 5.75 Å². The lowest BCUT2D eigenvalue weighted by molar-refractivity contribution is -0.131. The third-order valence-electron chi connectivity index (χ3n) is 1.14. The van der Waals surface area contributed by atoms with Crippen LogP contribution in [0, 0.1) is 0 Å². The van der Waals surface area contributed by atoms with E-state index in [9.17, 15) is 4.79 Å². The van der Waals surface area contributed by atoms with E-state index < -0.39 is 0 Å². The van der Waals surface area contributed by atoms with E-state index in [-0.39, 0.29) is 7.90 Å². The molecule has 12 heavy (non-hydrogen) atoms. The Labute approximate surface area is 98.0 Å². The summed E-state index contributed by atoms with van der Waals surface area (Å²) in [4.78, 5) is 11.1. The molecule has 1 aromatic carbocycles. The molecule has 0 aliphatic rings. The Bertz CT molecular complexity index is 259. The van der Waals surface area contributed by atoms with Crippen molar-refractivity contribution < 1.29 is 9.53 Å². The molecule has 4 heteroatoms. The van der Waals surface area contributed by atoms with Crippen molar-refractivity contribution in [1.82, 2.24) is 0 Å². The average Bonchev–Trinajstić information content (AvgIpc) is 2.06. The third-order valence-corrected chi connectivity index (χ3v) is 2.16. The second-order valence-electron chi connectivity index (χ2n) is 2.03. The summed E-state index contributed by atoms with van der Waals surface area (Å²) < 4.78 is 4.88. The van der Waals surface area contributed by atoms with Crippen LogP contribution in [0.15, 0.2) is 30.3 Å². The molecule has 1 rings (SSSR count). The van der Waals surface area contributed by atoms with Gasteiger partial charge in [0, 0.05) is 0 Å². The van der Waals surface area contributed by atoms with Gasteiger partial charge in [0.15, 0.2) is 1.93 Å². The molecule has 0 aromatic heterocycles. The number of ether oxygens (including phenoxy) is 1. The minimum Gasteiger partial charge on any atom is -0.425 e. The molecule has 1 aromatic rings. The highest BCUT2D eigenvalue weighted by Crippen LogP contribution is 2.15. The Morgan fingerprint density at radius 1 is 1.25 bits per heavy atom. The molecule has 0 aliphatic heterocycles. The van der Waals surface area contributed by atoms with Crippen LogP contribution in [0.4, 0.5) is 0 Å². The maximum atomic E-state index is 11.1. The highest BCUT2D eigenvalue weighted by molar-refractivity contribution is 14.2. The summed E-state index contributed by atoms with van der Waals surface area (Å²) in [6.07, 6.45) is 0. The molecule has 0 radical (unpaired) electrons. The van der Waals surface area contributed by atoms with Crippen LogP contribution in [-0.2, 0) is 4.79 Å². The van der Waals surface area contributed by atoms with Crippen molar-refractivity contribution in [3.05, 3.63) is 30.3 Å². The lowest BCUT2D eigenvalue weighted by Crippen LogP contribution is -2.14. The minimum absolute atomic E-state index is 0.139. The molecule has 0 heterocycles. The van der Waals surface area contributed by atoms with E-state index in [2.05, 4.69) is 0 Å². The average molecular weight is 388 g/mol. The Morgan fingerprint density at radius 3 is 2.33 bits per heavy atom. The number of benzene rings is 1. The van der Waals surface area contributed by atoms with E-state index in [0.29, 0.717) is 5.75 Å². The van der Waals surface area contributed by atoms with Crippen LogP contribution in [0.3, 0.4) is 0 Å². The molecule has 0 aliphatic carbocycles. The van der Waals surface area contributed by atoms with Crippen molar-refractivity contribution >= 4 is 51.2 Å². The summed E-state index contributed by atoms with van der Waals surface area (Å²) in [7, 11) is 0. The van der Waals surface area contributed by atoms with Crippen molar-refractivity contribution in [2.24, 2.45) is 0 Å². The molecule has 0 N–H and O–H groups in total. The first-order valence-corrected chi connectivity index (χ1v) is 5.74. The van der Waals surface area contributed by atoms with Crippen molar-refractivity contribution in [2.45, 2.75) is 1.93 Å². The maximum absolute atomic E-state index is 11.1. The van der Waals surface area contributed by atoms with Gasteiger partial charge in [-0.3, -0.25) is 0 Å². The van der Waals surface area contributed by atoms with Crippen molar-refractivity contribution in [2.75, 3.05) is 0 Å². The van der Waals surface area contributed by atoms with E-state index in [1.807, 2.05) is 63.4 Å². The molecule has 0 spiro atoms. The van der Waals surface area contributed by atoms with Crippen LogP contribution in [-0.4, -0.2) is 7.90 Å². The first-order chi connectivity index (χ1) is 5.70. The summed E-state index contributed by atoms with van der Waals surface area (Å²) in [6, 6.07) is 9.06. The zero-order valence-electron chi connectivity index (χ0n) is 6.04. The fraction of sp³-hybridized carbons (Fsp3) is 0.125. The first-order valence-electron chi connectivity index (χ1n) is 3.25. The largest absolute Gasteiger partial charge is 0.425 e. The molecule has 2 nitrogen and oxygen atoms in total. The number of para-hydroxylation sites is 1. The lowest BCUT2D eigenvalue weighted by atomic mass is 10.3. The fourth-order valence-corrected chi connectivity index (χ4v) is 0.903. The molecule has 0 saturated carbocycles. The van der Waals surface area contributed by atoms with Crippen molar-refractivity contribution in [3.63, 3.8) is 0 Å². The quantitative estimate of drug-likeness (QED) is 0.337. The van der Waals surface area contributed by atoms with Crippen molar-refractivity contribution in [1.29, 1.82) is 0 Å². The number of halogens is 2. The van der Waals surface area contributed by atoms with Gasteiger partial charge in [-0.15, -0.1) is 0 Å². The summed E-state index contributed by atoms with van der Waals surface area (Å²) >= 11 is 4.01. The van der Waals surface area contributed by atoms with Gasteiger partial charge in [0.05, 0.1) is 0 Å². The molecule has 0 amide bonds. The molecular weight excluding hydrogens is 382 g/mol. The highest BCUT2D eigenvalue weighted by atomic mass is 127. The molecule has 0 bridgehead atoms. The van der Waals surface area contributed by atoms with Gasteiger partial charge in [-0.1, -0.05) is 63.4 Å². The Balaban J connectivity index is 2.59. The fourth-order valence-electron chi connectivity index (χ4n) is 0.649. The Kier molecular flexibility index (Phi) is 4.27. The lowest BCUT2D eigenvalue weighted by Gasteiger charge is -2.03. The normalized spacial score (nSPS) is 9.92. The monoisotopic (exact) mass is 388 g/mol. The van der Waals surface area contributed by atoms with Gasteiger partial charge in [-0.25, -0.2) is 4.79 Å². The Hall–Kier alpha value is 0.150. The van der Waals surface area contributed by atoms with Gasteiger partial charge < -0.3 is 4.74 Å². The molecule has 0 saturated heterocycles. The van der Waals surface area contributed by atoms with E-state index in [1.54, 1.807) is 12.1 Å². The molecule has 64 valence electrons. The summed E-state index contributed by atoms with van der Waals surface area (Å²) in [6.45, 7) is 0. The first kappa shape index (κ1) is 10.2. The summed E-state index contributed by atoms with van der Waals surface area (Å²) in [5.74, 6) is 0.378. The predicted molar refractivity (Wildman–Crippen MR) is 63.9 cm³/mol.